The van der Waals surface area contributed by atoms with E-state index in [9.17, 15) is 30.0 Å². The molecule has 0 unspecified atom stereocenters. The van der Waals surface area contributed by atoms with Gasteiger partial charge < -0.3 is 46.1 Å². The highest BCUT2D eigenvalue weighted by Gasteiger charge is 2.48. The zero-order valence-corrected chi connectivity index (χ0v) is 23.8. The van der Waals surface area contributed by atoms with Gasteiger partial charge in [0.25, 0.3) is 0 Å². The van der Waals surface area contributed by atoms with Crippen LogP contribution < -0.4 is 16.0 Å². The molecule has 3 heterocycles. The Morgan fingerprint density at radius 1 is 1.00 bits per heavy atom. The van der Waals surface area contributed by atoms with Crippen molar-refractivity contribution < 1.29 is 34.8 Å². The van der Waals surface area contributed by atoms with Crippen molar-refractivity contribution in [1.29, 1.82) is 0 Å². The van der Waals surface area contributed by atoms with E-state index in [-0.39, 0.29) is 18.3 Å². The molecule has 1 saturated heterocycles. The highest BCUT2D eigenvalue weighted by atomic mass is 16.5. The lowest BCUT2D eigenvalue weighted by atomic mass is 9.92. The Labute approximate surface area is 239 Å². The number of aromatic amines is 1. The van der Waals surface area contributed by atoms with Gasteiger partial charge in [-0.05, 0) is 12.3 Å². The zero-order valence-electron chi connectivity index (χ0n) is 23.8. The number of nitrogens with zero attached hydrogens (tertiary/aromatic N) is 3. The van der Waals surface area contributed by atoms with Crippen molar-refractivity contribution in [2.24, 2.45) is 5.92 Å². The topological polar surface area (TPSA) is 215 Å². The second-order valence-corrected chi connectivity index (χ2v) is 11.0. The Kier molecular flexibility index (Phi) is 13.1. The Morgan fingerprint density at radius 3 is 2.41 bits per heavy atom. The maximum absolute atomic E-state index is 12.6. The van der Waals surface area contributed by atoms with Crippen molar-refractivity contribution in [2.75, 3.05) is 18.5 Å². The maximum atomic E-state index is 12.6. The number of hydrogen-bond acceptors (Lipinski definition) is 11. The van der Waals surface area contributed by atoms with Crippen molar-refractivity contribution in [3.05, 3.63) is 12.7 Å². The Bertz CT molecular complexity index is 1090. The van der Waals surface area contributed by atoms with E-state index in [1.165, 1.54) is 38.3 Å². The first-order chi connectivity index (χ1) is 19.7. The van der Waals surface area contributed by atoms with Crippen LogP contribution in [0, 0.1) is 5.92 Å². The molecule has 0 aromatic carbocycles. The normalized spacial score (nSPS) is 23.4. The van der Waals surface area contributed by atoms with E-state index in [0.29, 0.717) is 17.6 Å². The average molecular weight is 580 g/mol. The van der Waals surface area contributed by atoms with Crippen LogP contribution >= 0.6 is 0 Å². The summed E-state index contributed by atoms with van der Waals surface area (Å²) in [5.74, 6) is 0.0737. The molecule has 1 aliphatic rings. The quantitative estimate of drug-likeness (QED) is 0.120. The number of anilines is 1. The molecule has 14 nitrogen and oxygen atoms in total. The van der Waals surface area contributed by atoms with E-state index in [2.05, 4.69) is 49.7 Å². The smallest absolute Gasteiger partial charge is 0.239 e. The minimum absolute atomic E-state index is 0.229. The number of imidazole rings is 1. The molecule has 0 radical (unpaired) electrons. The molecular weight excluding hydrogens is 534 g/mol. The first-order valence-electron chi connectivity index (χ1n) is 14.5. The van der Waals surface area contributed by atoms with Crippen LogP contribution in [0.2, 0.25) is 0 Å². The summed E-state index contributed by atoms with van der Waals surface area (Å²) < 4.78 is 5.78. The number of unbranched alkanes of at least 4 members (excludes halogenated alkanes) is 6. The van der Waals surface area contributed by atoms with Gasteiger partial charge in [0.2, 0.25) is 11.8 Å². The molecule has 0 aliphatic carbocycles. The summed E-state index contributed by atoms with van der Waals surface area (Å²) in [6.45, 7) is 3.40. The molecule has 1 fully saturated rings. The van der Waals surface area contributed by atoms with Gasteiger partial charge in [-0.25, -0.2) is 15.0 Å². The predicted molar refractivity (Wildman–Crippen MR) is 150 cm³/mol. The van der Waals surface area contributed by atoms with Gasteiger partial charge in [-0.1, -0.05) is 58.8 Å². The lowest BCUT2D eigenvalue weighted by molar-refractivity contribution is -0.204. The monoisotopic (exact) mass is 579 g/mol. The molecule has 0 saturated carbocycles. The number of aromatic nitrogens is 4. The minimum Gasteiger partial charge on any atom is -0.394 e. The summed E-state index contributed by atoms with van der Waals surface area (Å²) in [4.78, 5) is 39.8. The highest BCUT2D eigenvalue weighted by molar-refractivity contribution is 5.85. The van der Waals surface area contributed by atoms with Crippen LogP contribution in [0.1, 0.15) is 71.6 Å². The molecule has 2 amide bonds. The third-order valence-corrected chi connectivity index (χ3v) is 7.21. The molecule has 3 rings (SSSR count). The van der Waals surface area contributed by atoms with Crippen LogP contribution in [0.3, 0.4) is 0 Å². The van der Waals surface area contributed by atoms with Gasteiger partial charge in [0, 0.05) is 6.42 Å². The fourth-order valence-corrected chi connectivity index (χ4v) is 4.88. The van der Waals surface area contributed by atoms with Crippen molar-refractivity contribution in [2.45, 2.75) is 108 Å². The minimum atomic E-state index is -1.59. The van der Waals surface area contributed by atoms with E-state index in [4.69, 9.17) is 4.74 Å². The van der Waals surface area contributed by atoms with Crippen LogP contribution in [0.4, 0.5) is 5.82 Å². The fourth-order valence-electron chi connectivity index (χ4n) is 4.88. The van der Waals surface area contributed by atoms with E-state index in [1.807, 2.05) is 0 Å². The number of rotatable bonds is 17. The third-order valence-electron chi connectivity index (χ3n) is 7.21. The molecule has 6 atom stereocenters. The van der Waals surface area contributed by atoms with Gasteiger partial charge >= 0.3 is 0 Å². The van der Waals surface area contributed by atoms with Crippen LogP contribution in [0.25, 0.3) is 11.2 Å². The van der Waals surface area contributed by atoms with Gasteiger partial charge in [0.15, 0.2) is 17.7 Å². The van der Waals surface area contributed by atoms with Crippen LogP contribution in [-0.4, -0.2) is 102 Å². The molecule has 41 heavy (non-hydrogen) atoms. The third kappa shape index (κ3) is 9.85. The molecule has 0 spiro atoms. The van der Waals surface area contributed by atoms with Crippen molar-refractivity contribution in [3.8, 4) is 0 Å². The second kappa shape index (κ2) is 16.5. The maximum Gasteiger partial charge on any atom is 0.239 e. The van der Waals surface area contributed by atoms with Gasteiger partial charge in [-0.3, -0.25) is 9.59 Å². The van der Waals surface area contributed by atoms with Crippen molar-refractivity contribution in [3.63, 3.8) is 0 Å². The van der Waals surface area contributed by atoms with E-state index >= 15 is 0 Å². The molecule has 230 valence electrons. The Balaban J connectivity index is 1.43. The highest BCUT2D eigenvalue weighted by Crippen LogP contribution is 2.26. The summed E-state index contributed by atoms with van der Waals surface area (Å²) in [6.07, 6.45) is 4.69. The molecular formula is C27H45N7O7. The molecule has 8 N–H and O–H groups in total. The lowest BCUT2D eigenvalue weighted by Crippen LogP contribution is -2.68. The van der Waals surface area contributed by atoms with Crippen LogP contribution in [0.15, 0.2) is 12.7 Å². The van der Waals surface area contributed by atoms with E-state index < -0.39 is 49.2 Å². The largest absolute Gasteiger partial charge is 0.394 e. The summed E-state index contributed by atoms with van der Waals surface area (Å²) >= 11 is 0. The zero-order chi connectivity index (χ0) is 29.8. The number of fused-ring (bicyclic) bond motifs is 1. The number of hydrogen-bond donors (Lipinski definition) is 8. The molecule has 2 aromatic rings. The van der Waals surface area contributed by atoms with Gasteiger partial charge in [0.05, 0.1) is 25.5 Å². The van der Waals surface area contributed by atoms with Gasteiger partial charge in [0.1, 0.15) is 36.3 Å². The number of nitrogens with one attached hydrogen (secondary N) is 4. The molecule has 0 bridgehead atoms. The van der Waals surface area contributed by atoms with Gasteiger partial charge in [-0.15, -0.1) is 0 Å². The lowest BCUT2D eigenvalue weighted by Gasteiger charge is -2.44. The summed E-state index contributed by atoms with van der Waals surface area (Å²) in [6, 6.07) is -1.27. The SMILES string of the molecule is CC(C)CCCCCCCCCC(=O)NCC(=O)N[C@@H]1[C@@H](O)[C@@H](O)[C@@H](Nc2ncnc3nc[nH]c23)O[C@H]1[C@@H](O)CO. The summed E-state index contributed by atoms with van der Waals surface area (Å²) in [5, 5.41) is 49.4. The standard InChI is InChI=1S/C27H45N7O7/c1-16(2)10-8-6-4-3-5-7-9-11-18(37)28-12-19(38)33-20-22(39)23(40)27(41-24(20)17(36)13-35)34-26-21-25(30-14-29-21)31-15-32-26/h14-17,20,22-24,27,35-36,39-40H,3-13H2,1-2H3,(H,28,37)(H,33,38)(H2,29,30,31,32,34)/t17-,20+,22+,23+,24-,27-/m0/s1. The number of ether oxygens (including phenoxy) is 1. The number of H-pyrrole nitrogens is 1. The fraction of sp³-hybridized carbons (Fsp3) is 0.741. The summed E-state index contributed by atoms with van der Waals surface area (Å²) in [7, 11) is 0. The number of carbonyl (C=O) groups is 2. The van der Waals surface area contributed by atoms with Gasteiger partial charge in [-0.2, -0.15) is 0 Å². The number of aliphatic hydroxyl groups excluding tert-OH is 4. The van der Waals surface area contributed by atoms with E-state index in [0.717, 1.165) is 31.6 Å². The molecule has 1 aliphatic heterocycles. The van der Waals surface area contributed by atoms with E-state index in [1.54, 1.807) is 0 Å². The van der Waals surface area contributed by atoms with Crippen molar-refractivity contribution in [1.82, 2.24) is 30.6 Å². The van der Waals surface area contributed by atoms with Crippen LogP contribution in [-0.2, 0) is 14.3 Å². The Hall–Kier alpha value is -2.91. The first-order valence-corrected chi connectivity index (χ1v) is 14.5. The summed E-state index contributed by atoms with van der Waals surface area (Å²) in [5.41, 5.74) is 0.792. The first kappa shape index (κ1) is 32.6. The van der Waals surface area contributed by atoms with Crippen molar-refractivity contribution >= 4 is 28.8 Å². The predicted octanol–water partition coefficient (Wildman–Crippen LogP) is 0.333. The van der Waals surface area contributed by atoms with Crippen LogP contribution in [0.5, 0.6) is 0 Å². The Morgan fingerprint density at radius 2 is 1.71 bits per heavy atom. The number of carbonyl (C=O) groups excluding carboxylic acids is 2. The average Bonchev–Trinajstić information content (AvgIpc) is 3.44. The second-order valence-electron chi connectivity index (χ2n) is 11.0. The molecule has 2 aromatic heterocycles. The number of aliphatic hydroxyl groups is 4. The molecule has 14 heteroatoms. The number of amides is 2.